The Hall–Kier alpha value is -2.62. The number of amides is 1. The first-order valence-corrected chi connectivity index (χ1v) is 11.9. The Morgan fingerprint density at radius 1 is 1.13 bits per heavy atom. The minimum absolute atomic E-state index is 0.137. The molecule has 1 heterocycles. The summed E-state index contributed by atoms with van der Waals surface area (Å²) in [7, 11) is 1.08. The Balaban J connectivity index is 1.78. The normalized spacial score (nSPS) is 12.7. The summed E-state index contributed by atoms with van der Waals surface area (Å²) >= 11 is 1.35. The molecule has 0 bridgehead atoms. The lowest BCUT2D eigenvalue weighted by Crippen LogP contribution is -2.22. The van der Waals surface area contributed by atoms with Crippen molar-refractivity contribution < 1.29 is 17.9 Å². The Morgan fingerprint density at radius 2 is 1.81 bits per heavy atom. The number of nitrogens with zero attached hydrogens (tertiary/aromatic N) is 2. The second-order valence-corrected chi connectivity index (χ2v) is 10.7. The van der Waals surface area contributed by atoms with Gasteiger partial charge in [0.2, 0.25) is 15.9 Å². The maximum atomic E-state index is 12.6. The maximum absolute atomic E-state index is 12.6. The Morgan fingerprint density at radius 3 is 2.42 bits per heavy atom. The molecule has 0 saturated carbocycles. The summed E-state index contributed by atoms with van der Waals surface area (Å²) in [5, 5.41) is 3.98. The van der Waals surface area contributed by atoms with Crippen LogP contribution in [-0.4, -0.2) is 50.1 Å². The van der Waals surface area contributed by atoms with Gasteiger partial charge in [-0.25, -0.2) is 17.7 Å². The fourth-order valence-electron chi connectivity index (χ4n) is 2.93. The van der Waals surface area contributed by atoms with Gasteiger partial charge in [0.15, 0.2) is 0 Å². The zero-order chi connectivity index (χ0) is 22.8. The summed E-state index contributed by atoms with van der Waals surface area (Å²) in [4.78, 5) is 17.4. The van der Waals surface area contributed by atoms with Crippen molar-refractivity contribution in [3.8, 4) is 5.75 Å². The number of methoxy groups -OCH3 is 1. The first-order chi connectivity index (χ1) is 14.6. The van der Waals surface area contributed by atoms with Crippen molar-refractivity contribution in [1.29, 1.82) is 0 Å². The number of benzene rings is 2. The number of nitrogens with one attached hydrogen (secondary N) is 1. The molecule has 1 atom stereocenters. The highest BCUT2D eigenvalue weighted by Crippen LogP contribution is 2.29. The predicted molar refractivity (Wildman–Crippen MR) is 124 cm³/mol. The van der Waals surface area contributed by atoms with E-state index in [1.54, 1.807) is 49.6 Å². The Kier molecular flexibility index (Phi) is 6.88. The monoisotopic (exact) mass is 459 g/mol. The van der Waals surface area contributed by atoms with Crippen LogP contribution in [-0.2, 0) is 14.8 Å². The fourth-order valence-corrected chi connectivity index (χ4v) is 4.78. The molecular weight excluding hydrogens is 434 g/mol. The quantitative estimate of drug-likeness (QED) is 0.539. The number of sulfonamides is 1. The molecule has 2 aromatic carbocycles. The predicted octanol–water partition coefficient (Wildman–Crippen LogP) is 3.92. The van der Waals surface area contributed by atoms with Gasteiger partial charge in [-0.15, -0.1) is 0 Å². The Bertz CT molecular complexity index is 1210. The lowest BCUT2D eigenvalue weighted by molar-refractivity contribution is -0.115. The molecule has 0 spiro atoms. The molecule has 0 fully saturated rings. The molecule has 1 unspecified atom stereocenters. The van der Waals surface area contributed by atoms with Crippen LogP contribution in [0.3, 0.4) is 0 Å². The highest BCUT2D eigenvalue weighted by Gasteiger charge is 2.19. The zero-order valence-corrected chi connectivity index (χ0v) is 19.7. The number of pyridine rings is 1. The Labute approximate surface area is 186 Å². The number of aromatic nitrogens is 1. The lowest BCUT2D eigenvalue weighted by atomic mass is 10.1. The summed E-state index contributed by atoms with van der Waals surface area (Å²) in [6.07, 6.45) is 0. The minimum Gasteiger partial charge on any atom is -0.497 e. The van der Waals surface area contributed by atoms with Gasteiger partial charge in [-0.2, -0.15) is 0 Å². The average Bonchev–Trinajstić information content (AvgIpc) is 2.73. The third-order valence-electron chi connectivity index (χ3n) is 4.77. The number of ether oxygens (including phenoxy) is 1. The average molecular weight is 460 g/mol. The van der Waals surface area contributed by atoms with Crippen molar-refractivity contribution in [2.75, 3.05) is 26.5 Å². The molecule has 1 amide bonds. The topological polar surface area (TPSA) is 88.6 Å². The van der Waals surface area contributed by atoms with Crippen LogP contribution in [0.1, 0.15) is 12.5 Å². The molecule has 31 heavy (non-hydrogen) atoms. The van der Waals surface area contributed by atoms with Gasteiger partial charge >= 0.3 is 0 Å². The molecule has 164 valence electrons. The van der Waals surface area contributed by atoms with Crippen LogP contribution in [0, 0.1) is 6.92 Å². The molecule has 1 aromatic heterocycles. The molecule has 0 aliphatic rings. The number of aryl methyl sites for hydroxylation is 1. The van der Waals surface area contributed by atoms with E-state index in [4.69, 9.17) is 4.74 Å². The van der Waals surface area contributed by atoms with Crippen LogP contribution in [0.5, 0.6) is 5.75 Å². The maximum Gasteiger partial charge on any atom is 0.242 e. The van der Waals surface area contributed by atoms with Gasteiger partial charge < -0.3 is 10.1 Å². The van der Waals surface area contributed by atoms with Gasteiger partial charge in [-0.1, -0.05) is 11.8 Å². The van der Waals surface area contributed by atoms with E-state index in [9.17, 15) is 13.2 Å². The summed E-state index contributed by atoms with van der Waals surface area (Å²) in [6, 6.07) is 13.9. The van der Waals surface area contributed by atoms with E-state index in [1.807, 2.05) is 19.9 Å². The van der Waals surface area contributed by atoms with E-state index in [1.165, 1.54) is 30.2 Å². The van der Waals surface area contributed by atoms with E-state index in [0.29, 0.717) is 16.2 Å². The van der Waals surface area contributed by atoms with E-state index in [-0.39, 0.29) is 16.1 Å². The van der Waals surface area contributed by atoms with Crippen LogP contribution >= 0.6 is 11.8 Å². The molecule has 1 N–H and O–H groups in total. The second kappa shape index (κ2) is 9.25. The molecule has 3 rings (SSSR count). The van der Waals surface area contributed by atoms with Crippen molar-refractivity contribution in [3.05, 3.63) is 54.1 Å². The smallest absolute Gasteiger partial charge is 0.242 e. The van der Waals surface area contributed by atoms with Crippen molar-refractivity contribution in [1.82, 2.24) is 9.29 Å². The number of hydrogen-bond donors (Lipinski definition) is 1. The molecule has 9 heteroatoms. The zero-order valence-electron chi connectivity index (χ0n) is 18.0. The molecule has 0 aliphatic heterocycles. The van der Waals surface area contributed by atoms with E-state index in [2.05, 4.69) is 10.3 Å². The summed E-state index contributed by atoms with van der Waals surface area (Å²) in [6.45, 7) is 3.72. The number of hydrogen-bond acceptors (Lipinski definition) is 6. The molecule has 0 radical (unpaired) electrons. The lowest BCUT2D eigenvalue weighted by Gasteiger charge is -2.14. The summed E-state index contributed by atoms with van der Waals surface area (Å²) < 4.78 is 31.1. The van der Waals surface area contributed by atoms with Gasteiger partial charge in [-0.3, -0.25) is 4.79 Å². The van der Waals surface area contributed by atoms with E-state index in [0.717, 1.165) is 16.7 Å². The largest absolute Gasteiger partial charge is 0.497 e. The first-order valence-electron chi connectivity index (χ1n) is 9.57. The van der Waals surface area contributed by atoms with Gasteiger partial charge in [0.25, 0.3) is 0 Å². The number of rotatable bonds is 7. The van der Waals surface area contributed by atoms with Crippen LogP contribution < -0.4 is 10.1 Å². The van der Waals surface area contributed by atoms with E-state index < -0.39 is 10.0 Å². The van der Waals surface area contributed by atoms with Crippen LogP contribution in [0.4, 0.5) is 5.69 Å². The first kappa shape index (κ1) is 23.1. The number of carbonyl (C=O) groups is 1. The molecular formula is C22H25N3O4S2. The third-order valence-corrected chi connectivity index (χ3v) is 7.60. The fraction of sp³-hybridized carbons (Fsp3) is 0.273. The SMILES string of the molecule is COc1ccc(NC(=O)C(C)Sc2cc(C)c3cc(S(=O)(=O)N(C)C)ccc3n2)cc1. The van der Waals surface area contributed by atoms with Crippen LogP contribution in [0.2, 0.25) is 0 Å². The molecule has 3 aromatic rings. The van der Waals surface area contributed by atoms with Gasteiger partial charge in [0.05, 0.1) is 27.8 Å². The standard InChI is InChI=1S/C22H25N3O4S2/c1-14-12-21(24-20-11-10-18(13-19(14)20)31(27,28)25(3)4)30-15(2)22(26)23-16-6-8-17(29-5)9-7-16/h6-13,15H,1-5H3,(H,23,26). The highest BCUT2D eigenvalue weighted by molar-refractivity contribution is 8.00. The summed E-state index contributed by atoms with van der Waals surface area (Å²) in [5.41, 5.74) is 2.27. The number of carbonyl (C=O) groups excluding carboxylic acids is 1. The van der Waals surface area contributed by atoms with Crippen molar-refractivity contribution >= 4 is 44.3 Å². The minimum atomic E-state index is -3.52. The molecule has 7 nitrogen and oxygen atoms in total. The van der Waals surface area contributed by atoms with Crippen LogP contribution in [0.15, 0.2) is 58.5 Å². The molecule has 0 saturated heterocycles. The number of thioether (sulfide) groups is 1. The van der Waals surface area contributed by atoms with E-state index >= 15 is 0 Å². The highest BCUT2D eigenvalue weighted by atomic mass is 32.2. The third kappa shape index (κ3) is 5.17. The van der Waals surface area contributed by atoms with Crippen LogP contribution in [0.25, 0.3) is 10.9 Å². The van der Waals surface area contributed by atoms with Crippen molar-refractivity contribution in [2.45, 2.75) is 29.0 Å². The second-order valence-electron chi connectivity index (χ2n) is 7.22. The number of fused-ring (bicyclic) bond motifs is 1. The van der Waals surface area contributed by atoms with Gasteiger partial charge in [0, 0.05) is 25.2 Å². The van der Waals surface area contributed by atoms with Gasteiger partial charge in [-0.05, 0) is 67.9 Å². The van der Waals surface area contributed by atoms with Crippen molar-refractivity contribution in [3.63, 3.8) is 0 Å². The van der Waals surface area contributed by atoms with Gasteiger partial charge in [0.1, 0.15) is 5.75 Å². The number of anilines is 1. The summed E-state index contributed by atoms with van der Waals surface area (Å²) in [5.74, 6) is 0.583. The molecule has 0 aliphatic carbocycles. The van der Waals surface area contributed by atoms with Crippen molar-refractivity contribution in [2.24, 2.45) is 0 Å².